The number of hydrogen-bond acceptors (Lipinski definition) is 6. The highest BCUT2D eigenvalue weighted by Gasteiger charge is 2.49. The molecule has 8 heteroatoms. The number of ketones is 1. The third kappa shape index (κ3) is 4.30. The van der Waals surface area contributed by atoms with Gasteiger partial charge in [0.1, 0.15) is 17.4 Å². The van der Waals surface area contributed by atoms with Crippen LogP contribution in [0.5, 0.6) is 0 Å². The van der Waals surface area contributed by atoms with Crippen LogP contribution in [0.1, 0.15) is 68.8 Å². The number of likely N-dealkylation sites (tertiary alicyclic amines) is 1. The molecule has 1 aliphatic heterocycles. The lowest BCUT2D eigenvalue weighted by Gasteiger charge is -2.44. The SMILES string of the molecule is CN1CCCC[C@H]1c1nc2cccnc2n1-c1ccc(C[C@H](NC2=CC(=O)C23CCCCC3)C(=O)O)cc1. The van der Waals surface area contributed by atoms with Crippen molar-refractivity contribution in [3.8, 4) is 5.69 Å². The summed E-state index contributed by atoms with van der Waals surface area (Å²) in [6, 6.07) is 11.4. The standard InChI is InChI=1S/C30H35N5O3/c1-34-17-6-3-9-24(34)28-33-22-8-7-16-31-27(22)35(28)21-12-10-20(11-13-21)18-23(29(37)38)32-25-19-26(36)30(25)14-4-2-5-15-30/h7-8,10-13,16,19,23-24,32H,2-6,9,14-15,17-18H2,1H3,(H,37,38)/t23-,24-/m0/s1. The Morgan fingerprint density at radius 1 is 1.13 bits per heavy atom. The number of carboxylic acids is 1. The Bertz CT molecular complexity index is 1390. The molecule has 3 aromatic rings. The van der Waals surface area contributed by atoms with Gasteiger partial charge in [-0.3, -0.25) is 14.3 Å². The molecule has 1 spiro atoms. The molecule has 0 bridgehead atoms. The summed E-state index contributed by atoms with van der Waals surface area (Å²) in [5, 5.41) is 13.2. The van der Waals surface area contributed by atoms with Crippen molar-refractivity contribution < 1.29 is 14.7 Å². The van der Waals surface area contributed by atoms with Crippen LogP contribution in [0.4, 0.5) is 0 Å². The summed E-state index contributed by atoms with van der Waals surface area (Å²) >= 11 is 0. The molecule has 1 saturated heterocycles. The van der Waals surface area contributed by atoms with Gasteiger partial charge in [0, 0.05) is 30.1 Å². The Balaban J connectivity index is 1.25. The van der Waals surface area contributed by atoms with Crippen molar-refractivity contribution in [3.05, 3.63) is 65.8 Å². The number of allylic oxidation sites excluding steroid dienone is 2. The summed E-state index contributed by atoms with van der Waals surface area (Å²) < 4.78 is 2.15. The summed E-state index contributed by atoms with van der Waals surface area (Å²) in [6.07, 6.45) is 12.0. The van der Waals surface area contributed by atoms with Crippen LogP contribution in [0.15, 0.2) is 54.4 Å². The van der Waals surface area contributed by atoms with Gasteiger partial charge in [-0.15, -0.1) is 0 Å². The minimum absolute atomic E-state index is 0.147. The number of aliphatic carboxylic acids is 1. The molecule has 1 aromatic carbocycles. The smallest absolute Gasteiger partial charge is 0.326 e. The van der Waals surface area contributed by atoms with Gasteiger partial charge >= 0.3 is 5.97 Å². The van der Waals surface area contributed by atoms with Crippen LogP contribution in [0.2, 0.25) is 0 Å². The normalized spacial score (nSPS) is 22.2. The molecule has 2 N–H and O–H groups in total. The number of carbonyl (C=O) groups is 2. The summed E-state index contributed by atoms with van der Waals surface area (Å²) in [7, 11) is 2.16. The second-order valence-corrected chi connectivity index (χ2v) is 11.1. The zero-order valence-electron chi connectivity index (χ0n) is 21.9. The number of carboxylic acid groups (broad SMARTS) is 1. The first kappa shape index (κ1) is 24.8. The fourth-order valence-electron chi connectivity index (χ4n) is 6.53. The number of aromatic nitrogens is 3. The maximum absolute atomic E-state index is 12.5. The quantitative estimate of drug-likeness (QED) is 0.477. The van der Waals surface area contributed by atoms with E-state index in [2.05, 4.69) is 26.8 Å². The van der Waals surface area contributed by atoms with Gasteiger partial charge in [-0.1, -0.05) is 37.8 Å². The first-order valence-electron chi connectivity index (χ1n) is 13.9. The van der Waals surface area contributed by atoms with E-state index >= 15 is 0 Å². The van der Waals surface area contributed by atoms with E-state index in [1.54, 1.807) is 12.3 Å². The molecule has 0 unspecified atom stereocenters. The molecule has 3 heterocycles. The molecule has 0 radical (unpaired) electrons. The maximum Gasteiger partial charge on any atom is 0.326 e. The molecule has 3 aliphatic rings. The predicted molar refractivity (Wildman–Crippen MR) is 145 cm³/mol. The Morgan fingerprint density at radius 2 is 1.92 bits per heavy atom. The Kier molecular flexibility index (Phi) is 6.51. The van der Waals surface area contributed by atoms with E-state index in [0.29, 0.717) is 6.42 Å². The van der Waals surface area contributed by atoms with E-state index in [9.17, 15) is 14.7 Å². The van der Waals surface area contributed by atoms with Crippen LogP contribution in [-0.2, 0) is 16.0 Å². The van der Waals surface area contributed by atoms with Gasteiger partial charge in [0.15, 0.2) is 11.4 Å². The number of benzene rings is 1. The minimum Gasteiger partial charge on any atom is -0.480 e. The zero-order valence-corrected chi connectivity index (χ0v) is 21.9. The van der Waals surface area contributed by atoms with Gasteiger partial charge in [-0.2, -0.15) is 0 Å². The second kappa shape index (κ2) is 9.98. The summed E-state index contributed by atoms with van der Waals surface area (Å²) in [4.78, 5) is 36.6. The monoisotopic (exact) mass is 513 g/mol. The highest BCUT2D eigenvalue weighted by molar-refractivity contribution is 6.05. The average molecular weight is 514 g/mol. The number of imidazole rings is 1. The molecular weight excluding hydrogens is 478 g/mol. The molecule has 1 saturated carbocycles. The number of piperidine rings is 1. The molecule has 8 nitrogen and oxygen atoms in total. The lowest BCUT2D eigenvalue weighted by atomic mass is 9.62. The highest BCUT2D eigenvalue weighted by Crippen LogP contribution is 2.48. The van der Waals surface area contributed by atoms with Crippen molar-refractivity contribution in [3.63, 3.8) is 0 Å². The lowest BCUT2D eigenvalue weighted by Crippen LogP contribution is -2.51. The molecule has 2 fully saturated rings. The number of fused-ring (bicyclic) bond motifs is 1. The molecular formula is C30H35N5O3. The van der Waals surface area contributed by atoms with E-state index in [0.717, 1.165) is 79.0 Å². The van der Waals surface area contributed by atoms with Crippen molar-refractivity contribution in [2.75, 3.05) is 13.6 Å². The second-order valence-electron chi connectivity index (χ2n) is 11.1. The molecule has 38 heavy (non-hydrogen) atoms. The molecule has 6 rings (SSSR count). The van der Waals surface area contributed by atoms with Crippen LogP contribution in [0, 0.1) is 5.41 Å². The van der Waals surface area contributed by atoms with Gasteiger partial charge in [-0.25, -0.2) is 14.8 Å². The number of carbonyl (C=O) groups excluding carboxylic acids is 1. The van der Waals surface area contributed by atoms with Crippen molar-refractivity contribution in [1.29, 1.82) is 0 Å². The van der Waals surface area contributed by atoms with Gasteiger partial charge in [0.05, 0.1) is 11.5 Å². The van der Waals surface area contributed by atoms with E-state index in [1.165, 1.54) is 12.8 Å². The predicted octanol–water partition coefficient (Wildman–Crippen LogP) is 4.58. The van der Waals surface area contributed by atoms with Gasteiger partial charge in [0.2, 0.25) is 0 Å². The van der Waals surface area contributed by atoms with Crippen LogP contribution in [0.25, 0.3) is 16.9 Å². The van der Waals surface area contributed by atoms with Crippen molar-refractivity contribution in [1.82, 2.24) is 24.8 Å². The van der Waals surface area contributed by atoms with Crippen molar-refractivity contribution in [2.45, 2.75) is 69.9 Å². The number of pyridine rings is 1. The largest absolute Gasteiger partial charge is 0.480 e. The minimum atomic E-state index is -0.910. The van der Waals surface area contributed by atoms with Gasteiger partial charge < -0.3 is 10.4 Å². The third-order valence-corrected chi connectivity index (χ3v) is 8.74. The number of nitrogens with one attached hydrogen (secondary N) is 1. The van der Waals surface area contributed by atoms with Crippen LogP contribution in [-0.4, -0.2) is 55.9 Å². The maximum atomic E-state index is 12.5. The Morgan fingerprint density at radius 3 is 2.63 bits per heavy atom. The van der Waals surface area contributed by atoms with Crippen molar-refractivity contribution >= 4 is 22.9 Å². The van der Waals surface area contributed by atoms with E-state index in [-0.39, 0.29) is 11.8 Å². The molecule has 2 aliphatic carbocycles. The van der Waals surface area contributed by atoms with Crippen LogP contribution in [0.3, 0.4) is 0 Å². The Labute approximate surface area is 222 Å². The van der Waals surface area contributed by atoms with Gasteiger partial charge in [-0.05, 0) is 69.1 Å². The number of nitrogens with zero attached hydrogens (tertiary/aromatic N) is 4. The van der Waals surface area contributed by atoms with Gasteiger partial charge in [0.25, 0.3) is 0 Å². The number of hydrogen-bond donors (Lipinski definition) is 2. The fourth-order valence-corrected chi connectivity index (χ4v) is 6.53. The summed E-state index contributed by atoms with van der Waals surface area (Å²) in [6.45, 7) is 1.05. The first-order valence-corrected chi connectivity index (χ1v) is 13.9. The average Bonchev–Trinajstić information content (AvgIpc) is 3.32. The van der Waals surface area contributed by atoms with Crippen LogP contribution < -0.4 is 5.32 Å². The molecule has 0 amide bonds. The van der Waals surface area contributed by atoms with Crippen molar-refractivity contribution in [2.24, 2.45) is 5.41 Å². The third-order valence-electron chi connectivity index (χ3n) is 8.74. The van der Waals surface area contributed by atoms with Crippen LogP contribution >= 0.6 is 0 Å². The summed E-state index contributed by atoms with van der Waals surface area (Å²) in [5.74, 6) is 0.236. The Hall–Kier alpha value is -3.52. The zero-order chi connectivity index (χ0) is 26.3. The number of rotatable bonds is 7. The lowest BCUT2D eigenvalue weighted by molar-refractivity contribution is -0.140. The summed E-state index contributed by atoms with van der Waals surface area (Å²) in [5.41, 5.74) is 3.93. The van der Waals surface area contributed by atoms with E-state index in [4.69, 9.17) is 4.98 Å². The molecule has 2 aromatic heterocycles. The van der Waals surface area contributed by atoms with E-state index < -0.39 is 17.4 Å². The van der Waals surface area contributed by atoms with E-state index in [1.807, 2.05) is 36.4 Å². The first-order chi connectivity index (χ1) is 18.5. The molecule has 2 atom stereocenters. The molecule has 198 valence electrons. The topological polar surface area (TPSA) is 100 Å². The fraction of sp³-hybridized carbons (Fsp3) is 0.467. The highest BCUT2D eigenvalue weighted by atomic mass is 16.4.